The van der Waals surface area contributed by atoms with Crippen LogP contribution in [0.3, 0.4) is 0 Å². The van der Waals surface area contributed by atoms with Crippen molar-refractivity contribution < 1.29 is 23.4 Å². The van der Waals surface area contributed by atoms with Gasteiger partial charge in [0.05, 0.1) is 19.8 Å². The van der Waals surface area contributed by atoms with Gasteiger partial charge in [0.15, 0.2) is 0 Å². The van der Waals surface area contributed by atoms with Gasteiger partial charge >= 0.3 is 6.09 Å². The van der Waals surface area contributed by atoms with E-state index in [2.05, 4.69) is 9.88 Å². The molecule has 4 aromatic rings. The van der Waals surface area contributed by atoms with Gasteiger partial charge in [0.25, 0.3) is 0 Å². The van der Waals surface area contributed by atoms with Gasteiger partial charge in [-0.3, -0.25) is 9.80 Å². The molecule has 2 aliphatic heterocycles. The van der Waals surface area contributed by atoms with Crippen molar-refractivity contribution in [1.82, 2.24) is 14.8 Å². The summed E-state index contributed by atoms with van der Waals surface area (Å²) in [6.45, 7) is 6.07. The Morgan fingerprint density at radius 1 is 0.930 bits per heavy atom. The molecule has 0 bridgehead atoms. The maximum Gasteiger partial charge on any atom is 0.416 e. The number of morpholine rings is 1. The zero-order chi connectivity index (χ0) is 29.6. The third-order valence-corrected chi connectivity index (χ3v) is 8.51. The number of aromatic nitrogens is 1. The smallest absolute Gasteiger partial charge is 0.416 e. The lowest BCUT2D eigenvalue weighted by molar-refractivity contribution is 0.0371. The normalized spacial score (nSPS) is 17.2. The van der Waals surface area contributed by atoms with Gasteiger partial charge in [-0.15, -0.1) is 0 Å². The number of carbonyl (C=O) groups excluding carboxylic acids is 1. The molecule has 1 saturated heterocycles. The average Bonchev–Trinajstić information content (AvgIpc) is 3.40. The molecule has 43 heavy (non-hydrogen) atoms. The van der Waals surface area contributed by atoms with Crippen molar-refractivity contribution >= 4 is 28.6 Å². The van der Waals surface area contributed by atoms with Gasteiger partial charge in [-0.05, 0) is 91.5 Å². The van der Waals surface area contributed by atoms with Gasteiger partial charge in [0.1, 0.15) is 23.4 Å². The van der Waals surface area contributed by atoms with Crippen LogP contribution in [0.15, 0.2) is 66.7 Å². The van der Waals surface area contributed by atoms with Crippen LogP contribution in [0.1, 0.15) is 48.5 Å². The maximum atomic E-state index is 13.5. The van der Waals surface area contributed by atoms with Crippen LogP contribution < -0.4 is 9.47 Å². The van der Waals surface area contributed by atoms with Crippen molar-refractivity contribution in [2.45, 2.75) is 38.1 Å². The summed E-state index contributed by atoms with van der Waals surface area (Å²) < 4.78 is 30.6. The summed E-state index contributed by atoms with van der Waals surface area (Å²) in [5.41, 5.74) is 3.98. The van der Waals surface area contributed by atoms with E-state index >= 15 is 0 Å². The number of amides is 1. The monoisotopic (exact) mass is 605 g/mol. The number of aromatic amines is 1. The van der Waals surface area contributed by atoms with Gasteiger partial charge in [-0.25, -0.2) is 9.18 Å². The van der Waals surface area contributed by atoms with Gasteiger partial charge in [-0.2, -0.15) is 0 Å². The van der Waals surface area contributed by atoms with Crippen LogP contribution in [-0.4, -0.2) is 66.9 Å². The molecule has 1 fully saturated rings. The van der Waals surface area contributed by atoms with Crippen LogP contribution >= 0.6 is 11.6 Å². The lowest BCUT2D eigenvalue weighted by Crippen LogP contribution is -2.42. The zero-order valence-corrected chi connectivity index (χ0v) is 25.0. The Hall–Kier alpha value is -3.59. The quantitative estimate of drug-likeness (QED) is 0.191. The first-order chi connectivity index (χ1) is 21.0. The fraction of sp³-hybridized carbons (Fsp3) is 0.382. The molecular formula is C34H37ClFN3O4. The minimum Gasteiger partial charge on any atom is -0.494 e. The zero-order valence-electron chi connectivity index (χ0n) is 24.2. The van der Waals surface area contributed by atoms with Crippen LogP contribution in [0, 0.1) is 5.82 Å². The second-order valence-electron chi connectivity index (χ2n) is 11.2. The SMILES string of the molecule is O=C(Oc1ccc(F)cc1)N1CCc2c([nH]c3ccc(Cl)cc23)C1c1ccc(OCCCCCCN2CCOCC2)cc1. The molecule has 1 unspecified atom stereocenters. The van der Waals surface area contributed by atoms with E-state index in [1.807, 2.05) is 42.5 Å². The molecule has 226 valence electrons. The summed E-state index contributed by atoms with van der Waals surface area (Å²) in [5.74, 6) is 0.712. The third-order valence-electron chi connectivity index (χ3n) is 8.28. The molecule has 1 N–H and O–H groups in total. The number of nitrogens with one attached hydrogen (secondary N) is 1. The van der Waals surface area contributed by atoms with E-state index < -0.39 is 12.1 Å². The number of rotatable bonds is 10. The second-order valence-corrected chi connectivity index (χ2v) is 11.6. The van der Waals surface area contributed by atoms with E-state index in [0.717, 1.165) is 79.2 Å². The topological polar surface area (TPSA) is 67.0 Å². The standard InChI is InChI=1S/C34H37ClFN3O4/c35-25-7-14-31-30(23-25)29-15-17-39(34(40)43-28-12-8-26(36)9-13-28)33(32(29)37-31)24-5-10-27(11-6-24)42-20-4-2-1-3-16-38-18-21-41-22-19-38/h5-14,23,33,37H,1-4,15-22H2. The number of halogens is 2. The highest BCUT2D eigenvalue weighted by molar-refractivity contribution is 6.31. The number of ether oxygens (including phenoxy) is 3. The Balaban J connectivity index is 1.12. The molecule has 3 aromatic carbocycles. The van der Waals surface area contributed by atoms with Crippen LogP contribution in [-0.2, 0) is 11.2 Å². The van der Waals surface area contributed by atoms with Crippen molar-refractivity contribution in [3.05, 3.63) is 94.4 Å². The molecule has 0 radical (unpaired) electrons. The van der Waals surface area contributed by atoms with Crippen molar-refractivity contribution in [3.63, 3.8) is 0 Å². The van der Waals surface area contributed by atoms with E-state index in [9.17, 15) is 9.18 Å². The lowest BCUT2D eigenvalue weighted by Gasteiger charge is -2.35. The highest BCUT2D eigenvalue weighted by Gasteiger charge is 2.35. The summed E-state index contributed by atoms with van der Waals surface area (Å²) in [6.07, 6.45) is 4.72. The molecule has 7 nitrogen and oxygen atoms in total. The third kappa shape index (κ3) is 7.15. The molecule has 1 atom stereocenters. The van der Waals surface area contributed by atoms with Crippen LogP contribution in [0.5, 0.6) is 11.5 Å². The second kappa shape index (κ2) is 13.8. The van der Waals surface area contributed by atoms with Gasteiger partial charge < -0.3 is 19.2 Å². The first-order valence-corrected chi connectivity index (χ1v) is 15.5. The summed E-state index contributed by atoms with van der Waals surface area (Å²) in [4.78, 5) is 21.2. The van der Waals surface area contributed by atoms with E-state index in [1.54, 1.807) is 4.90 Å². The number of unbranched alkanes of at least 4 members (excludes halogenated alkanes) is 3. The van der Waals surface area contributed by atoms with E-state index in [4.69, 9.17) is 25.8 Å². The van der Waals surface area contributed by atoms with Crippen LogP contribution in [0.4, 0.5) is 9.18 Å². The predicted molar refractivity (Wildman–Crippen MR) is 166 cm³/mol. The van der Waals surface area contributed by atoms with Crippen molar-refractivity contribution in [1.29, 1.82) is 0 Å². The highest BCUT2D eigenvalue weighted by Crippen LogP contribution is 2.40. The van der Waals surface area contributed by atoms with Crippen molar-refractivity contribution in [3.8, 4) is 11.5 Å². The Labute approximate surface area is 256 Å². The maximum absolute atomic E-state index is 13.5. The van der Waals surface area contributed by atoms with Crippen LogP contribution in [0.2, 0.25) is 5.02 Å². The molecule has 3 heterocycles. The number of benzene rings is 3. The largest absolute Gasteiger partial charge is 0.494 e. The molecule has 0 spiro atoms. The Kier molecular flexibility index (Phi) is 9.46. The van der Waals surface area contributed by atoms with Gasteiger partial charge in [0.2, 0.25) is 0 Å². The summed E-state index contributed by atoms with van der Waals surface area (Å²) in [6, 6.07) is 18.8. The number of carbonyl (C=O) groups is 1. The first-order valence-electron chi connectivity index (χ1n) is 15.1. The minimum absolute atomic E-state index is 0.296. The summed E-state index contributed by atoms with van der Waals surface area (Å²) in [5, 5.41) is 1.73. The Bertz CT molecular complexity index is 1520. The molecule has 1 aromatic heterocycles. The first kappa shape index (κ1) is 29.5. The summed E-state index contributed by atoms with van der Waals surface area (Å²) in [7, 11) is 0. The number of nitrogens with zero attached hydrogens (tertiary/aromatic N) is 2. The Morgan fingerprint density at radius 3 is 2.47 bits per heavy atom. The highest BCUT2D eigenvalue weighted by atomic mass is 35.5. The lowest BCUT2D eigenvalue weighted by atomic mass is 9.92. The number of fused-ring (bicyclic) bond motifs is 3. The molecule has 6 rings (SSSR count). The summed E-state index contributed by atoms with van der Waals surface area (Å²) >= 11 is 6.33. The predicted octanol–water partition coefficient (Wildman–Crippen LogP) is 7.38. The molecule has 0 saturated carbocycles. The van der Waals surface area contributed by atoms with E-state index in [0.29, 0.717) is 30.3 Å². The fourth-order valence-electron chi connectivity index (χ4n) is 6.02. The molecular weight excluding hydrogens is 569 g/mol. The van der Waals surface area contributed by atoms with Gasteiger partial charge in [0, 0.05) is 41.3 Å². The van der Waals surface area contributed by atoms with Gasteiger partial charge in [-0.1, -0.05) is 36.6 Å². The minimum atomic E-state index is -0.493. The fourth-order valence-corrected chi connectivity index (χ4v) is 6.19. The van der Waals surface area contributed by atoms with Crippen molar-refractivity contribution in [2.24, 2.45) is 0 Å². The molecule has 9 heteroatoms. The van der Waals surface area contributed by atoms with Crippen LogP contribution in [0.25, 0.3) is 10.9 Å². The number of hydrogen-bond donors (Lipinski definition) is 1. The number of hydrogen-bond acceptors (Lipinski definition) is 5. The molecule has 2 aliphatic rings. The van der Waals surface area contributed by atoms with E-state index in [-0.39, 0.29) is 5.82 Å². The molecule has 1 amide bonds. The molecule has 0 aliphatic carbocycles. The van der Waals surface area contributed by atoms with Crippen molar-refractivity contribution in [2.75, 3.05) is 46.0 Å². The Morgan fingerprint density at radius 2 is 1.67 bits per heavy atom. The average molecular weight is 606 g/mol. The number of H-pyrrole nitrogens is 1. The van der Waals surface area contributed by atoms with E-state index in [1.165, 1.54) is 37.1 Å².